The largest absolute Gasteiger partial charge is 0.379 e. The highest BCUT2D eigenvalue weighted by atomic mass is 16.5. The standard InChI is InChI=1S/C17H31N3O2/c21-17(19-9-7-16-5-2-1-3-6-16)15-18-8-4-10-20-11-13-22-14-12-20/h5,18H,1-4,6-15H2,(H,19,21). The van der Waals surface area contributed by atoms with E-state index in [1.54, 1.807) is 0 Å². The Balaban J connectivity index is 1.41. The van der Waals surface area contributed by atoms with Crippen molar-refractivity contribution in [1.82, 2.24) is 15.5 Å². The zero-order valence-electron chi connectivity index (χ0n) is 13.7. The molecule has 22 heavy (non-hydrogen) atoms. The lowest BCUT2D eigenvalue weighted by molar-refractivity contribution is -0.120. The van der Waals surface area contributed by atoms with E-state index in [2.05, 4.69) is 21.6 Å². The van der Waals surface area contributed by atoms with Crippen molar-refractivity contribution in [1.29, 1.82) is 0 Å². The minimum absolute atomic E-state index is 0.114. The molecule has 2 rings (SSSR count). The predicted molar refractivity (Wildman–Crippen MR) is 88.9 cm³/mol. The molecule has 0 saturated carbocycles. The summed E-state index contributed by atoms with van der Waals surface area (Å²) in [4.78, 5) is 14.1. The lowest BCUT2D eigenvalue weighted by atomic mass is 9.97. The van der Waals surface area contributed by atoms with E-state index in [9.17, 15) is 4.79 Å². The summed E-state index contributed by atoms with van der Waals surface area (Å²) in [6.45, 7) is 6.98. The zero-order valence-corrected chi connectivity index (χ0v) is 13.7. The highest BCUT2D eigenvalue weighted by Crippen LogP contribution is 2.19. The Kier molecular flexibility index (Phi) is 8.53. The molecular weight excluding hydrogens is 278 g/mol. The van der Waals surface area contributed by atoms with Crippen molar-refractivity contribution in [3.8, 4) is 0 Å². The Morgan fingerprint density at radius 2 is 2.09 bits per heavy atom. The van der Waals surface area contributed by atoms with Crippen LogP contribution < -0.4 is 10.6 Å². The third kappa shape index (κ3) is 7.38. The van der Waals surface area contributed by atoms with Crippen molar-refractivity contribution in [3.63, 3.8) is 0 Å². The minimum atomic E-state index is 0.114. The molecule has 1 aliphatic carbocycles. The van der Waals surface area contributed by atoms with Crippen LogP contribution in [0.25, 0.3) is 0 Å². The van der Waals surface area contributed by atoms with Crippen LogP contribution >= 0.6 is 0 Å². The molecule has 0 spiro atoms. The number of morpholine rings is 1. The molecule has 0 bridgehead atoms. The van der Waals surface area contributed by atoms with E-state index in [-0.39, 0.29) is 5.91 Å². The molecule has 0 atom stereocenters. The SMILES string of the molecule is O=C(CNCCCN1CCOCC1)NCCC1=CCCCC1. The van der Waals surface area contributed by atoms with Gasteiger partial charge in [0, 0.05) is 19.6 Å². The summed E-state index contributed by atoms with van der Waals surface area (Å²) in [5.41, 5.74) is 1.52. The monoisotopic (exact) mass is 309 g/mol. The summed E-state index contributed by atoms with van der Waals surface area (Å²) in [6.07, 6.45) is 9.51. The van der Waals surface area contributed by atoms with Crippen molar-refractivity contribution in [3.05, 3.63) is 11.6 Å². The number of carbonyl (C=O) groups excluding carboxylic acids is 1. The summed E-state index contributed by atoms with van der Waals surface area (Å²) in [5.74, 6) is 0.114. The van der Waals surface area contributed by atoms with Crippen LogP contribution in [0.2, 0.25) is 0 Å². The van der Waals surface area contributed by atoms with E-state index in [1.165, 1.54) is 31.3 Å². The molecule has 5 heteroatoms. The van der Waals surface area contributed by atoms with Crippen LogP contribution in [0.5, 0.6) is 0 Å². The quantitative estimate of drug-likeness (QED) is 0.498. The molecule has 1 fully saturated rings. The Morgan fingerprint density at radius 3 is 2.86 bits per heavy atom. The van der Waals surface area contributed by atoms with Crippen LogP contribution in [0, 0.1) is 0 Å². The molecular formula is C17H31N3O2. The van der Waals surface area contributed by atoms with Crippen LogP contribution in [0.4, 0.5) is 0 Å². The molecule has 0 aromatic carbocycles. The van der Waals surface area contributed by atoms with Crippen LogP contribution in [-0.4, -0.2) is 63.3 Å². The van der Waals surface area contributed by atoms with Crippen molar-refractivity contribution >= 4 is 5.91 Å². The summed E-state index contributed by atoms with van der Waals surface area (Å²) in [5, 5.41) is 6.23. The van der Waals surface area contributed by atoms with Gasteiger partial charge in [-0.2, -0.15) is 0 Å². The first-order chi connectivity index (χ1) is 10.8. The average Bonchev–Trinajstić information content (AvgIpc) is 2.56. The number of carbonyl (C=O) groups is 1. The maximum atomic E-state index is 11.7. The number of hydrogen-bond donors (Lipinski definition) is 2. The number of amides is 1. The zero-order chi connectivity index (χ0) is 15.5. The Morgan fingerprint density at radius 1 is 1.23 bits per heavy atom. The molecule has 2 aliphatic rings. The molecule has 0 aromatic heterocycles. The maximum absolute atomic E-state index is 11.7. The van der Waals surface area contributed by atoms with Gasteiger partial charge in [-0.15, -0.1) is 0 Å². The molecule has 2 N–H and O–H groups in total. The normalized spacial score (nSPS) is 19.7. The number of hydrogen-bond acceptors (Lipinski definition) is 4. The Hall–Kier alpha value is -0.910. The van der Waals surface area contributed by atoms with Crippen molar-refractivity contribution in [2.75, 3.05) is 52.5 Å². The summed E-state index contributed by atoms with van der Waals surface area (Å²) in [6, 6.07) is 0. The Labute approximate surface area is 134 Å². The van der Waals surface area contributed by atoms with Gasteiger partial charge in [0.2, 0.25) is 5.91 Å². The van der Waals surface area contributed by atoms with Gasteiger partial charge < -0.3 is 15.4 Å². The minimum Gasteiger partial charge on any atom is -0.379 e. The second-order valence-electron chi connectivity index (χ2n) is 6.19. The second kappa shape index (κ2) is 10.8. The number of nitrogens with zero attached hydrogens (tertiary/aromatic N) is 1. The number of allylic oxidation sites excluding steroid dienone is 1. The van der Waals surface area contributed by atoms with Gasteiger partial charge in [-0.05, 0) is 51.6 Å². The third-order valence-electron chi connectivity index (χ3n) is 4.37. The van der Waals surface area contributed by atoms with Crippen molar-refractivity contribution in [2.24, 2.45) is 0 Å². The van der Waals surface area contributed by atoms with Crippen LogP contribution in [-0.2, 0) is 9.53 Å². The number of ether oxygens (including phenoxy) is 1. The van der Waals surface area contributed by atoms with E-state index in [0.717, 1.165) is 58.8 Å². The lowest BCUT2D eigenvalue weighted by Crippen LogP contribution is -2.39. The molecule has 1 saturated heterocycles. The molecule has 1 heterocycles. The van der Waals surface area contributed by atoms with Gasteiger partial charge in [-0.25, -0.2) is 0 Å². The summed E-state index contributed by atoms with van der Waals surface area (Å²) in [7, 11) is 0. The van der Waals surface area contributed by atoms with Gasteiger partial charge >= 0.3 is 0 Å². The summed E-state index contributed by atoms with van der Waals surface area (Å²) < 4.78 is 5.33. The van der Waals surface area contributed by atoms with Gasteiger partial charge in [0.25, 0.3) is 0 Å². The topological polar surface area (TPSA) is 53.6 Å². The smallest absolute Gasteiger partial charge is 0.233 e. The second-order valence-corrected chi connectivity index (χ2v) is 6.19. The van der Waals surface area contributed by atoms with E-state index in [0.29, 0.717) is 6.54 Å². The third-order valence-corrected chi connectivity index (χ3v) is 4.37. The molecule has 0 unspecified atom stereocenters. The van der Waals surface area contributed by atoms with E-state index in [1.807, 2.05) is 0 Å². The van der Waals surface area contributed by atoms with Gasteiger partial charge in [0.05, 0.1) is 19.8 Å². The van der Waals surface area contributed by atoms with Crippen molar-refractivity contribution < 1.29 is 9.53 Å². The first kappa shape index (κ1) is 17.4. The lowest BCUT2D eigenvalue weighted by Gasteiger charge is -2.26. The molecule has 1 aliphatic heterocycles. The molecule has 1 amide bonds. The van der Waals surface area contributed by atoms with E-state index >= 15 is 0 Å². The highest BCUT2D eigenvalue weighted by Gasteiger charge is 2.09. The predicted octanol–water partition coefficient (Wildman–Crippen LogP) is 1.31. The van der Waals surface area contributed by atoms with Gasteiger partial charge in [0.1, 0.15) is 0 Å². The first-order valence-electron chi connectivity index (χ1n) is 8.80. The van der Waals surface area contributed by atoms with Crippen LogP contribution in [0.3, 0.4) is 0 Å². The fourth-order valence-electron chi connectivity index (χ4n) is 3.01. The number of rotatable bonds is 9. The van der Waals surface area contributed by atoms with E-state index < -0.39 is 0 Å². The maximum Gasteiger partial charge on any atom is 0.233 e. The van der Waals surface area contributed by atoms with Gasteiger partial charge in [-0.3, -0.25) is 9.69 Å². The molecule has 126 valence electrons. The molecule has 0 radical (unpaired) electrons. The highest BCUT2D eigenvalue weighted by molar-refractivity contribution is 5.77. The van der Waals surface area contributed by atoms with E-state index in [4.69, 9.17) is 4.74 Å². The van der Waals surface area contributed by atoms with Crippen LogP contribution in [0.1, 0.15) is 38.5 Å². The summed E-state index contributed by atoms with van der Waals surface area (Å²) >= 11 is 0. The number of nitrogens with one attached hydrogen (secondary N) is 2. The first-order valence-corrected chi connectivity index (χ1v) is 8.80. The van der Waals surface area contributed by atoms with Gasteiger partial charge in [0.15, 0.2) is 0 Å². The average molecular weight is 309 g/mol. The van der Waals surface area contributed by atoms with Crippen molar-refractivity contribution in [2.45, 2.75) is 38.5 Å². The Bertz CT molecular complexity index is 352. The molecule has 0 aromatic rings. The van der Waals surface area contributed by atoms with Gasteiger partial charge in [-0.1, -0.05) is 11.6 Å². The van der Waals surface area contributed by atoms with Crippen LogP contribution in [0.15, 0.2) is 11.6 Å². The fraction of sp³-hybridized carbons (Fsp3) is 0.824. The molecule has 5 nitrogen and oxygen atoms in total. The fourth-order valence-corrected chi connectivity index (χ4v) is 3.01.